The summed E-state index contributed by atoms with van der Waals surface area (Å²) in [7, 11) is 9.89. The second-order valence-corrected chi connectivity index (χ2v) is 4.98. The lowest BCUT2D eigenvalue weighted by atomic mass is 10.4. The van der Waals surface area contributed by atoms with Crippen LogP contribution in [0.2, 0.25) is 0 Å². The summed E-state index contributed by atoms with van der Waals surface area (Å²) in [6, 6.07) is 0. The number of nitrogens with one attached hydrogen (secondary N) is 1. The van der Waals surface area contributed by atoms with E-state index in [9.17, 15) is 0 Å². The van der Waals surface area contributed by atoms with E-state index in [0.717, 1.165) is 38.7 Å². The molecule has 0 fully saturated rings. The Morgan fingerprint density at radius 2 is 2.05 bits per heavy atom. The average Bonchev–Trinajstić information content (AvgIpc) is 2.74. The monoisotopic (exact) mass is 269 g/mol. The molecule has 19 heavy (non-hydrogen) atoms. The minimum absolute atomic E-state index is 0.782. The lowest BCUT2D eigenvalue weighted by Crippen LogP contribution is -2.31. The van der Waals surface area contributed by atoms with Gasteiger partial charge in [0.25, 0.3) is 0 Å². The fraction of sp³-hybridized carbons (Fsp3) is 0.769. The lowest BCUT2D eigenvalue weighted by Gasteiger charge is -2.16. The molecule has 0 aliphatic heterocycles. The summed E-state index contributed by atoms with van der Waals surface area (Å²) >= 11 is 0. The third kappa shape index (κ3) is 5.18. The van der Waals surface area contributed by atoms with Crippen LogP contribution >= 0.6 is 0 Å². The van der Waals surface area contributed by atoms with Crippen LogP contribution in [0.3, 0.4) is 0 Å². The van der Waals surface area contributed by atoms with Crippen LogP contribution < -0.4 is 10.2 Å². The number of aromatic nitrogens is 2. The number of likely N-dealkylation sites (N-methyl/N-ethyl adjacent to an activating group) is 1. The van der Waals surface area contributed by atoms with Crippen molar-refractivity contribution >= 4 is 5.95 Å². The molecular formula is C13H27N5O. The zero-order valence-electron chi connectivity index (χ0n) is 12.8. The summed E-state index contributed by atoms with van der Waals surface area (Å²) in [4.78, 5) is 8.66. The minimum Gasteiger partial charge on any atom is -0.383 e. The molecule has 0 saturated carbocycles. The van der Waals surface area contributed by atoms with Crippen LogP contribution in [0, 0.1) is 0 Å². The maximum Gasteiger partial charge on any atom is 0.204 e. The molecule has 0 amide bonds. The molecule has 0 aliphatic rings. The first kappa shape index (κ1) is 15.9. The molecule has 0 aromatic carbocycles. The van der Waals surface area contributed by atoms with Gasteiger partial charge in [0.2, 0.25) is 5.95 Å². The van der Waals surface area contributed by atoms with Crippen molar-refractivity contribution in [1.82, 2.24) is 19.8 Å². The Kier molecular flexibility index (Phi) is 6.83. The van der Waals surface area contributed by atoms with E-state index in [1.54, 1.807) is 7.11 Å². The SMILES string of the molecule is COCCN(C)CCNCc1cnc(N(C)C)n1C. The number of anilines is 1. The highest BCUT2D eigenvalue weighted by Crippen LogP contribution is 2.10. The van der Waals surface area contributed by atoms with Crippen molar-refractivity contribution in [2.45, 2.75) is 6.54 Å². The summed E-state index contributed by atoms with van der Waals surface area (Å²) in [5.41, 5.74) is 1.20. The Morgan fingerprint density at radius 1 is 1.32 bits per heavy atom. The van der Waals surface area contributed by atoms with Gasteiger partial charge in [-0.15, -0.1) is 0 Å². The van der Waals surface area contributed by atoms with Crippen LogP contribution in [0.5, 0.6) is 0 Å². The Balaban J connectivity index is 2.26. The maximum atomic E-state index is 5.05. The molecule has 110 valence electrons. The van der Waals surface area contributed by atoms with E-state index in [-0.39, 0.29) is 0 Å². The molecule has 1 aromatic rings. The van der Waals surface area contributed by atoms with Crippen molar-refractivity contribution in [3.05, 3.63) is 11.9 Å². The predicted molar refractivity (Wildman–Crippen MR) is 78.6 cm³/mol. The van der Waals surface area contributed by atoms with Gasteiger partial charge in [0.1, 0.15) is 0 Å². The van der Waals surface area contributed by atoms with Crippen molar-refractivity contribution in [1.29, 1.82) is 0 Å². The molecule has 0 spiro atoms. The van der Waals surface area contributed by atoms with Crippen LogP contribution in [0.1, 0.15) is 5.69 Å². The van der Waals surface area contributed by atoms with Crippen LogP contribution in [-0.4, -0.2) is 68.9 Å². The highest BCUT2D eigenvalue weighted by Gasteiger charge is 2.07. The summed E-state index contributed by atoms with van der Waals surface area (Å²) in [6.45, 7) is 4.57. The summed E-state index contributed by atoms with van der Waals surface area (Å²) in [5, 5.41) is 3.44. The van der Waals surface area contributed by atoms with Gasteiger partial charge in [0.15, 0.2) is 0 Å². The van der Waals surface area contributed by atoms with E-state index in [1.165, 1.54) is 5.69 Å². The lowest BCUT2D eigenvalue weighted by molar-refractivity contribution is 0.161. The van der Waals surface area contributed by atoms with Gasteiger partial charge in [-0.3, -0.25) is 0 Å². The Labute approximate surface area is 116 Å². The minimum atomic E-state index is 0.782. The van der Waals surface area contributed by atoms with E-state index in [0.29, 0.717) is 0 Å². The Morgan fingerprint density at radius 3 is 2.63 bits per heavy atom. The molecular weight excluding hydrogens is 242 g/mol. The average molecular weight is 269 g/mol. The van der Waals surface area contributed by atoms with Crippen molar-refractivity contribution in [2.24, 2.45) is 7.05 Å². The van der Waals surface area contributed by atoms with Gasteiger partial charge in [-0.1, -0.05) is 0 Å². The van der Waals surface area contributed by atoms with Gasteiger partial charge in [-0.25, -0.2) is 4.98 Å². The van der Waals surface area contributed by atoms with E-state index in [2.05, 4.69) is 26.8 Å². The Bertz CT molecular complexity index is 364. The van der Waals surface area contributed by atoms with Gasteiger partial charge in [-0.05, 0) is 7.05 Å². The van der Waals surface area contributed by atoms with E-state index in [1.807, 2.05) is 32.2 Å². The summed E-state index contributed by atoms with van der Waals surface area (Å²) in [5.74, 6) is 0.981. The molecule has 1 rings (SSSR count). The fourth-order valence-electron chi connectivity index (χ4n) is 1.86. The first-order valence-electron chi connectivity index (χ1n) is 6.62. The van der Waals surface area contributed by atoms with E-state index < -0.39 is 0 Å². The number of hydrogen-bond donors (Lipinski definition) is 1. The first-order chi connectivity index (χ1) is 9.06. The molecule has 0 saturated heterocycles. The molecule has 0 radical (unpaired) electrons. The van der Waals surface area contributed by atoms with Crippen molar-refractivity contribution in [2.75, 3.05) is 59.4 Å². The number of hydrogen-bond acceptors (Lipinski definition) is 5. The first-order valence-corrected chi connectivity index (χ1v) is 6.62. The van der Waals surface area contributed by atoms with Crippen molar-refractivity contribution in [3.8, 4) is 0 Å². The molecule has 1 N–H and O–H groups in total. The quantitative estimate of drug-likeness (QED) is 0.647. The second-order valence-electron chi connectivity index (χ2n) is 4.98. The number of rotatable bonds is 9. The fourth-order valence-corrected chi connectivity index (χ4v) is 1.86. The molecule has 0 bridgehead atoms. The Hall–Kier alpha value is -1.11. The van der Waals surface area contributed by atoms with Gasteiger partial charge < -0.3 is 24.4 Å². The van der Waals surface area contributed by atoms with E-state index >= 15 is 0 Å². The van der Waals surface area contributed by atoms with Crippen molar-refractivity contribution < 1.29 is 4.74 Å². The van der Waals surface area contributed by atoms with Gasteiger partial charge in [0, 0.05) is 54.4 Å². The van der Waals surface area contributed by atoms with Gasteiger partial charge in [-0.2, -0.15) is 0 Å². The summed E-state index contributed by atoms with van der Waals surface area (Å²) < 4.78 is 7.16. The highest BCUT2D eigenvalue weighted by molar-refractivity contribution is 5.30. The molecule has 1 aromatic heterocycles. The van der Waals surface area contributed by atoms with Crippen LogP contribution in [0.4, 0.5) is 5.95 Å². The molecule has 0 aliphatic carbocycles. The molecule has 6 nitrogen and oxygen atoms in total. The maximum absolute atomic E-state index is 5.05. The van der Waals surface area contributed by atoms with E-state index in [4.69, 9.17) is 4.74 Å². The normalized spacial score (nSPS) is 11.3. The van der Waals surface area contributed by atoms with Crippen LogP contribution in [-0.2, 0) is 18.3 Å². The standard InChI is InChI=1S/C13H27N5O/c1-16(2)13-15-11-12(18(13)4)10-14-6-7-17(3)8-9-19-5/h11,14H,6-10H2,1-5H3. The third-order valence-corrected chi connectivity index (χ3v) is 3.11. The molecule has 0 unspecified atom stereocenters. The predicted octanol–water partition coefficient (Wildman–Crippen LogP) is 0.154. The topological polar surface area (TPSA) is 45.6 Å². The third-order valence-electron chi connectivity index (χ3n) is 3.11. The number of imidazole rings is 1. The smallest absolute Gasteiger partial charge is 0.204 e. The largest absolute Gasteiger partial charge is 0.383 e. The number of ether oxygens (including phenoxy) is 1. The molecule has 1 heterocycles. The number of methoxy groups -OCH3 is 1. The van der Waals surface area contributed by atoms with Crippen molar-refractivity contribution in [3.63, 3.8) is 0 Å². The summed E-state index contributed by atoms with van der Waals surface area (Å²) in [6.07, 6.45) is 1.93. The molecule has 0 atom stereocenters. The number of nitrogens with zero attached hydrogens (tertiary/aromatic N) is 4. The van der Waals surface area contributed by atoms with Gasteiger partial charge in [0.05, 0.1) is 18.5 Å². The second kappa shape index (κ2) is 8.14. The highest BCUT2D eigenvalue weighted by atomic mass is 16.5. The van der Waals surface area contributed by atoms with Crippen LogP contribution in [0.15, 0.2) is 6.20 Å². The zero-order chi connectivity index (χ0) is 14.3. The van der Waals surface area contributed by atoms with Crippen LogP contribution in [0.25, 0.3) is 0 Å². The zero-order valence-corrected chi connectivity index (χ0v) is 12.8. The molecule has 6 heteroatoms. The van der Waals surface area contributed by atoms with Gasteiger partial charge >= 0.3 is 0 Å².